The summed E-state index contributed by atoms with van der Waals surface area (Å²) in [5, 5.41) is 4.15. The molecule has 0 aliphatic heterocycles. The minimum absolute atomic E-state index is 0.196. The lowest BCUT2D eigenvalue weighted by Gasteiger charge is -2.05. The quantitative estimate of drug-likeness (QED) is 0.580. The van der Waals surface area contributed by atoms with E-state index in [1.807, 2.05) is 30.3 Å². The van der Waals surface area contributed by atoms with E-state index >= 15 is 0 Å². The highest BCUT2D eigenvalue weighted by Gasteiger charge is 2.02. The molecule has 0 N–H and O–H groups in total. The molecule has 2 rings (SSSR count). The van der Waals surface area contributed by atoms with Crippen molar-refractivity contribution in [1.82, 2.24) is 4.68 Å². The van der Waals surface area contributed by atoms with Crippen LogP contribution in [0.25, 0.3) is 0 Å². The lowest BCUT2D eigenvalue weighted by atomic mass is 10.2. The number of hydrogen-bond donors (Lipinski definition) is 0. The summed E-state index contributed by atoms with van der Waals surface area (Å²) in [6.07, 6.45) is 1.59. The van der Waals surface area contributed by atoms with E-state index in [0.717, 1.165) is 5.56 Å². The highest BCUT2D eigenvalue weighted by atomic mass is 16.5. The van der Waals surface area contributed by atoms with E-state index in [2.05, 4.69) is 5.10 Å². The number of nitrogens with zero attached hydrogens (tertiary/aromatic N) is 2. The van der Waals surface area contributed by atoms with Crippen molar-refractivity contribution >= 4 is 5.90 Å². The summed E-state index contributed by atoms with van der Waals surface area (Å²) in [4.78, 5) is 11.5. The van der Waals surface area contributed by atoms with Crippen LogP contribution >= 0.6 is 0 Å². The molecule has 0 saturated carbocycles. The van der Waals surface area contributed by atoms with Gasteiger partial charge in [-0.3, -0.25) is 4.79 Å². The van der Waals surface area contributed by atoms with Gasteiger partial charge in [-0.1, -0.05) is 24.3 Å². The van der Waals surface area contributed by atoms with Gasteiger partial charge in [-0.05, 0) is 18.2 Å². The number of hydrogen-bond acceptors (Lipinski definition) is 3. The summed E-state index contributed by atoms with van der Waals surface area (Å²) < 4.78 is 6.43. The van der Waals surface area contributed by atoms with Crippen LogP contribution < -0.4 is 5.56 Å². The summed E-state index contributed by atoms with van der Waals surface area (Å²) >= 11 is 0. The molecule has 0 aliphatic rings. The first kappa shape index (κ1) is 11.1. The summed E-state index contributed by atoms with van der Waals surface area (Å²) in [5.74, 6) is 0.402. The fourth-order valence-corrected chi connectivity index (χ4v) is 1.40. The largest absolute Gasteiger partial charge is 0.480 e. The Balaban J connectivity index is 2.44. The minimum Gasteiger partial charge on any atom is -0.480 e. The van der Waals surface area contributed by atoms with Crippen molar-refractivity contribution in [3.63, 3.8) is 0 Å². The Morgan fingerprint density at radius 2 is 1.82 bits per heavy atom. The molecule has 17 heavy (non-hydrogen) atoms. The van der Waals surface area contributed by atoms with Gasteiger partial charge in [0.05, 0.1) is 7.11 Å². The van der Waals surface area contributed by atoms with E-state index in [0.29, 0.717) is 5.90 Å². The van der Waals surface area contributed by atoms with Crippen molar-refractivity contribution in [3.05, 3.63) is 70.6 Å². The molecule has 4 nitrogen and oxygen atoms in total. The number of ether oxygens (including phenoxy) is 1. The number of methoxy groups -OCH3 is 1. The van der Waals surface area contributed by atoms with E-state index in [9.17, 15) is 4.79 Å². The van der Waals surface area contributed by atoms with Crippen LogP contribution in [-0.4, -0.2) is 17.7 Å². The normalized spacial score (nSPS) is 11.2. The Morgan fingerprint density at radius 1 is 1.12 bits per heavy atom. The molecule has 1 heterocycles. The van der Waals surface area contributed by atoms with Crippen molar-refractivity contribution in [3.8, 4) is 0 Å². The maximum Gasteiger partial charge on any atom is 0.270 e. The molecular weight excluding hydrogens is 216 g/mol. The predicted octanol–water partition coefficient (Wildman–Crippen LogP) is 1.70. The zero-order valence-electron chi connectivity index (χ0n) is 9.41. The van der Waals surface area contributed by atoms with Gasteiger partial charge in [0, 0.05) is 17.8 Å². The highest BCUT2D eigenvalue weighted by molar-refractivity contribution is 5.93. The predicted molar refractivity (Wildman–Crippen MR) is 66.1 cm³/mol. The summed E-state index contributed by atoms with van der Waals surface area (Å²) in [5.41, 5.74) is 0.628. The molecular formula is C13H12N2O2. The molecule has 86 valence electrons. The van der Waals surface area contributed by atoms with Crippen LogP contribution in [0.2, 0.25) is 0 Å². The number of benzene rings is 1. The van der Waals surface area contributed by atoms with Gasteiger partial charge in [-0.2, -0.15) is 0 Å². The van der Waals surface area contributed by atoms with Gasteiger partial charge in [0.1, 0.15) is 0 Å². The van der Waals surface area contributed by atoms with Gasteiger partial charge in [0.15, 0.2) is 0 Å². The average molecular weight is 228 g/mol. The molecule has 0 fully saturated rings. The molecule has 0 atom stereocenters. The Hall–Kier alpha value is -2.36. The Morgan fingerprint density at radius 3 is 2.47 bits per heavy atom. The molecule has 0 unspecified atom stereocenters. The fraction of sp³-hybridized carbons (Fsp3) is 0.0769. The molecule has 2 aromatic rings. The first-order valence-corrected chi connectivity index (χ1v) is 5.17. The Labute approximate surface area is 98.8 Å². The third kappa shape index (κ3) is 2.60. The van der Waals surface area contributed by atoms with Crippen LogP contribution in [0.1, 0.15) is 5.56 Å². The second kappa shape index (κ2) is 5.12. The van der Waals surface area contributed by atoms with Crippen molar-refractivity contribution in [2.45, 2.75) is 0 Å². The molecule has 0 spiro atoms. The molecule has 1 aromatic carbocycles. The highest BCUT2D eigenvalue weighted by Crippen LogP contribution is 2.02. The topological polar surface area (TPSA) is 43.6 Å². The van der Waals surface area contributed by atoms with Crippen LogP contribution in [0, 0.1) is 0 Å². The Kier molecular flexibility index (Phi) is 3.35. The fourth-order valence-electron chi connectivity index (χ4n) is 1.40. The standard InChI is InChI=1S/C13H12N2O2/c1-17-13(11-7-3-2-4-8-11)14-15-10-6-5-9-12(15)16/h2-10H,1H3/b14-13-. The van der Waals surface area contributed by atoms with Crippen molar-refractivity contribution in [1.29, 1.82) is 0 Å². The SMILES string of the molecule is CO/C(=N\n1ccccc1=O)c1ccccc1. The monoisotopic (exact) mass is 228 g/mol. The lowest BCUT2D eigenvalue weighted by molar-refractivity contribution is 0.399. The van der Waals surface area contributed by atoms with Gasteiger partial charge >= 0.3 is 0 Å². The molecule has 0 bridgehead atoms. The zero-order valence-corrected chi connectivity index (χ0v) is 9.41. The zero-order chi connectivity index (χ0) is 12.1. The number of aromatic nitrogens is 1. The van der Waals surface area contributed by atoms with E-state index in [1.54, 1.807) is 18.3 Å². The van der Waals surface area contributed by atoms with E-state index in [1.165, 1.54) is 17.9 Å². The first-order chi connectivity index (χ1) is 8.31. The number of pyridine rings is 1. The van der Waals surface area contributed by atoms with Gasteiger partial charge in [0.25, 0.3) is 5.56 Å². The lowest BCUT2D eigenvalue weighted by Crippen LogP contribution is -2.17. The maximum absolute atomic E-state index is 11.5. The van der Waals surface area contributed by atoms with E-state index < -0.39 is 0 Å². The maximum atomic E-state index is 11.5. The van der Waals surface area contributed by atoms with Crippen molar-refractivity contribution in [2.24, 2.45) is 5.10 Å². The average Bonchev–Trinajstić information content (AvgIpc) is 2.39. The molecule has 1 aromatic heterocycles. The second-order valence-electron chi connectivity index (χ2n) is 3.36. The summed E-state index contributed by atoms with van der Waals surface area (Å²) in [6.45, 7) is 0. The molecule has 0 radical (unpaired) electrons. The van der Waals surface area contributed by atoms with Crippen LogP contribution in [0.15, 0.2) is 64.6 Å². The smallest absolute Gasteiger partial charge is 0.270 e. The molecule has 0 aliphatic carbocycles. The van der Waals surface area contributed by atoms with Crippen molar-refractivity contribution in [2.75, 3.05) is 7.11 Å². The van der Waals surface area contributed by atoms with Gasteiger partial charge in [-0.25, -0.2) is 4.68 Å². The van der Waals surface area contributed by atoms with E-state index in [-0.39, 0.29) is 5.56 Å². The molecule has 4 heteroatoms. The van der Waals surface area contributed by atoms with Gasteiger partial charge in [-0.15, -0.1) is 5.10 Å². The second-order valence-corrected chi connectivity index (χ2v) is 3.36. The van der Waals surface area contributed by atoms with E-state index in [4.69, 9.17) is 4.74 Å². The molecule has 0 amide bonds. The third-order valence-electron chi connectivity index (χ3n) is 2.22. The van der Waals surface area contributed by atoms with Crippen LogP contribution in [-0.2, 0) is 4.74 Å². The summed E-state index contributed by atoms with van der Waals surface area (Å²) in [6, 6.07) is 14.3. The molecule has 0 saturated heterocycles. The summed E-state index contributed by atoms with van der Waals surface area (Å²) in [7, 11) is 1.53. The van der Waals surface area contributed by atoms with Gasteiger partial charge < -0.3 is 4.74 Å². The van der Waals surface area contributed by atoms with Gasteiger partial charge in [0.2, 0.25) is 5.90 Å². The third-order valence-corrected chi connectivity index (χ3v) is 2.22. The Bertz CT molecular complexity index is 573. The first-order valence-electron chi connectivity index (χ1n) is 5.17. The minimum atomic E-state index is -0.196. The van der Waals surface area contributed by atoms with Crippen LogP contribution in [0.5, 0.6) is 0 Å². The number of rotatable bonds is 2. The van der Waals surface area contributed by atoms with Crippen molar-refractivity contribution < 1.29 is 4.74 Å². The van der Waals surface area contributed by atoms with Crippen LogP contribution in [0.4, 0.5) is 0 Å². The van der Waals surface area contributed by atoms with Crippen LogP contribution in [0.3, 0.4) is 0 Å².